The summed E-state index contributed by atoms with van der Waals surface area (Å²) >= 11 is 0. The summed E-state index contributed by atoms with van der Waals surface area (Å²) in [4.78, 5) is 5.52. The zero-order valence-corrected chi connectivity index (χ0v) is 12.1. The first-order valence-electron chi connectivity index (χ1n) is 7.95. The van der Waals surface area contributed by atoms with Gasteiger partial charge in [-0.15, -0.1) is 0 Å². The van der Waals surface area contributed by atoms with E-state index < -0.39 is 0 Å². The molecule has 3 fully saturated rings. The molecule has 0 aromatic heterocycles. The molecule has 3 heteroatoms. The van der Waals surface area contributed by atoms with Crippen molar-refractivity contribution in [2.45, 2.75) is 57.7 Å². The predicted molar refractivity (Wildman–Crippen MR) is 75.8 cm³/mol. The van der Waals surface area contributed by atoms with Crippen LogP contribution >= 0.6 is 0 Å². The van der Waals surface area contributed by atoms with Crippen molar-refractivity contribution in [1.82, 2.24) is 15.1 Å². The van der Waals surface area contributed by atoms with Gasteiger partial charge in [-0.2, -0.15) is 0 Å². The Hall–Kier alpha value is -0.120. The largest absolute Gasteiger partial charge is 0.311 e. The highest BCUT2D eigenvalue weighted by Gasteiger charge is 2.35. The van der Waals surface area contributed by atoms with Crippen molar-refractivity contribution in [2.24, 2.45) is 5.92 Å². The van der Waals surface area contributed by atoms with Crippen LogP contribution in [0.15, 0.2) is 0 Å². The van der Waals surface area contributed by atoms with E-state index in [1.54, 1.807) is 0 Å². The molecular weight excluding hydrogens is 222 g/mol. The standard InChI is InChI=1S/C15H29N3/c1-12(2)15-11-18(9-6-16-15)14-5-8-17-7-3-4-13(17)10-14/h12-16H,3-11H2,1-2H3. The normalized spacial score (nSPS) is 39.2. The lowest BCUT2D eigenvalue weighted by atomic mass is 9.93. The van der Waals surface area contributed by atoms with Gasteiger partial charge in [-0.3, -0.25) is 4.90 Å². The van der Waals surface area contributed by atoms with E-state index in [9.17, 15) is 0 Å². The van der Waals surface area contributed by atoms with Crippen molar-refractivity contribution in [3.05, 3.63) is 0 Å². The van der Waals surface area contributed by atoms with E-state index >= 15 is 0 Å². The van der Waals surface area contributed by atoms with Crippen LogP contribution in [0.3, 0.4) is 0 Å². The minimum absolute atomic E-state index is 0.709. The summed E-state index contributed by atoms with van der Waals surface area (Å²) in [5, 5.41) is 3.68. The maximum Gasteiger partial charge on any atom is 0.0218 e. The summed E-state index contributed by atoms with van der Waals surface area (Å²) in [6.07, 6.45) is 5.73. The number of nitrogens with zero attached hydrogens (tertiary/aromatic N) is 2. The average Bonchev–Trinajstić information content (AvgIpc) is 2.86. The van der Waals surface area contributed by atoms with Crippen LogP contribution in [0.4, 0.5) is 0 Å². The molecule has 0 aromatic rings. The van der Waals surface area contributed by atoms with Crippen LogP contribution in [0.25, 0.3) is 0 Å². The van der Waals surface area contributed by atoms with Crippen LogP contribution in [0.2, 0.25) is 0 Å². The number of piperidine rings is 1. The zero-order chi connectivity index (χ0) is 12.5. The molecule has 0 spiro atoms. The molecular formula is C15H29N3. The third-order valence-corrected chi connectivity index (χ3v) is 5.35. The Morgan fingerprint density at radius 1 is 1.00 bits per heavy atom. The van der Waals surface area contributed by atoms with Gasteiger partial charge in [0.25, 0.3) is 0 Å². The molecule has 0 radical (unpaired) electrons. The van der Waals surface area contributed by atoms with E-state index in [1.165, 1.54) is 58.4 Å². The van der Waals surface area contributed by atoms with Gasteiger partial charge in [0.2, 0.25) is 0 Å². The molecule has 3 saturated heterocycles. The summed E-state index contributed by atoms with van der Waals surface area (Å²) in [6, 6.07) is 2.49. The van der Waals surface area contributed by atoms with E-state index in [0.29, 0.717) is 6.04 Å². The maximum atomic E-state index is 3.68. The van der Waals surface area contributed by atoms with Crippen LogP contribution in [0.1, 0.15) is 39.5 Å². The average molecular weight is 251 g/mol. The van der Waals surface area contributed by atoms with Crippen LogP contribution in [-0.4, -0.2) is 60.6 Å². The molecule has 0 amide bonds. The Kier molecular flexibility index (Phi) is 3.92. The van der Waals surface area contributed by atoms with Gasteiger partial charge in [0.15, 0.2) is 0 Å². The van der Waals surface area contributed by atoms with Crippen LogP contribution in [0.5, 0.6) is 0 Å². The molecule has 0 bridgehead atoms. The minimum atomic E-state index is 0.709. The molecule has 3 aliphatic rings. The first-order chi connectivity index (χ1) is 8.74. The smallest absolute Gasteiger partial charge is 0.0218 e. The van der Waals surface area contributed by atoms with Crippen LogP contribution < -0.4 is 5.32 Å². The van der Waals surface area contributed by atoms with E-state index in [0.717, 1.165) is 18.0 Å². The van der Waals surface area contributed by atoms with Gasteiger partial charge < -0.3 is 10.2 Å². The number of piperazine rings is 1. The molecule has 0 saturated carbocycles. The molecule has 3 atom stereocenters. The fourth-order valence-corrected chi connectivity index (χ4v) is 4.12. The highest BCUT2D eigenvalue weighted by Crippen LogP contribution is 2.30. The highest BCUT2D eigenvalue weighted by molar-refractivity contribution is 4.93. The van der Waals surface area contributed by atoms with E-state index in [4.69, 9.17) is 0 Å². The van der Waals surface area contributed by atoms with Crippen molar-refractivity contribution in [1.29, 1.82) is 0 Å². The summed E-state index contributed by atoms with van der Waals surface area (Å²) in [6.45, 7) is 11.1. The molecule has 3 unspecified atom stereocenters. The van der Waals surface area contributed by atoms with Crippen molar-refractivity contribution >= 4 is 0 Å². The summed E-state index contributed by atoms with van der Waals surface area (Å²) in [5.74, 6) is 0.763. The van der Waals surface area contributed by atoms with E-state index in [2.05, 4.69) is 29.0 Å². The number of rotatable bonds is 2. The van der Waals surface area contributed by atoms with Crippen molar-refractivity contribution in [2.75, 3.05) is 32.7 Å². The van der Waals surface area contributed by atoms with Gasteiger partial charge in [-0.25, -0.2) is 0 Å². The Balaban J connectivity index is 1.57. The zero-order valence-electron chi connectivity index (χ0n) is 12.1. The molecule has 3 rings (SSSR count). The van der Waals surface area contributed by atoms with Gasteiger partial charge in [0, 0.05) is 37.8 Å². The second-order valence-electron chi connectivity index (χ2n) is 6.81. The minimum Gasteiger partial charge on any atom is -0.311 e. The second-order valence-corrected chi connectivity index (χ2v) is 6.81. The lowest BCUT2D eigenvalue weighted by Gasteiger charge is -2.45. The second kappa shape index (κ2) is 5.48. The fraction of sp³-hybridized carbons (Fsp3) is 1.00. The van der Waals surface area contributed by atoms with Gasteiger partial charge in [0.1, 0.15) is 0 Å². The van der Waals surface area contributed by atoms with Crippen LogP contribution in [-0.2, 0) is 0 Å². The first kappa shape index (κ1) is 12.9. The Labute approximate surface area is 112 Å². The number of hydrogen-bond acceptors (Lipinski definition) is 3. The quantitative estimate of drug-likeness (QED) is 0.803. The van der Waals surface area contributed by atoms with Gasteiger partial charge >= 0.3 is 0 Å². The molecule has 3 aliphatic heterocycles. The number of nitrogens with one attached hydrogen (secondary N) is 1. The third kappa shape index (κ3) is 2.59. The van der Waals surface area contributed by atoms with Gasteiger partial charge in [-0.05, 0) is 44.7 Å². The molecule has 1 N–H and O–H groups in total. The van der Waals surface area contributed by atoms with Crippen molar-refractivity contribution in [3.63, 3.8) is 0 Å². The monoisotopic (exact) mass is 251 g/mol. The first-order valence-corrected chi connectivity index (χ1v) is 7.95. The molecule has 18 heavy (non-hydrogen) atoms. The Morgan fingerprint density at radius 2 is 1.83 bits per heavy atom. The summed E-state index contributed by atoms with van der Waals surface area (Å²) < 4.78 is 0. The Morgan fingerprint density at radius 3 is 2.67 bits per heavy atom. The molecule has 3 nitrogen and oxygen atoms in total. The molecule has 3 heterocycles. The summed E-state index contributed by atoms with van der Waals surface area (Å²) in [5.41, 5.74) is 0. The molecule has 104 valence electrons. The number of fused-ring (bicyclic) bond motifs is 1. The van der Waals surface area contributed by atoms with Crippen molar-refractivity contribution in [3.8, 4) is 0 Å². The molecule has 0 aromatic carbocycles. The Bertz CT molecular complexity index is 275. The lowest BCUT2D eigenvalue weighted by Crippen LogP contribution is -2.58. The van der Waals surface area contributed by atoms with Crippen molar-refractivity contribution < 1.29 is 0 Å². The van der Waals surface area contributed by atoms with Gasteiger partial charge in [-0.1, -0.05) is 13.8 Å². The fourth-order valence-electron chi connectivity index (χ4n) is 4.12. The predicted octanol–water partition coefficient (Wildman–Crippen LogP) is 1.54. The third-order valence-electron chi connectivity index (χ3n) is 5.35. The number of hydrogen-bond donors (Lipinski definition) is 1. The van der Waals surface area contributed by atoms with E-state index in [1.807, 2.05) is 0 Å². The SMILES string of the molecule is CC(C)C1CN(C2CCN3CCCC3C2)CCN1. The lowest BCUT2D eigenvalue weighted by molar-refractivity contribution is 0.0604. The highest BCUT2D eigenvalue weighted by atomic mass is 15.3. The topological polar surface area (TPSA) is 18.5 Å². The summed E-state index contributed by atoms with van der Waals surface area (Å²) in [7, 11) is 0. The van der Waals surface area contributed by atoms with Crippen LogP contribution in [0, 0.1) is 5.92 Å². The maximum absolute atomic E-state index is 3.68. The van der Waals surface area contributed by atoms with Gasteiger partial charge in [0.05, 0.1) is 0 Å². The molecule has 0 aliphatic carbocycles. The van der Waals surface area contributed by atoms with E-state index in [-0.39, 0.29) is 0 Å².